The molecule has 1 amide bonds. The largest absolute Gasteiger partial charge is 0.382 e. The smallest absolute Gasteiger partial charge is 0.224 e. The van der Waals surface area contributed by atoms with Gasteiger partial charge in [-0.1, -0.05) is 19.4 Å². The van der Waals surface area contributed by atoms with Gasteiger partial charge in [-0.3, -0.25) is 4.79 Å². The molecule has 2 rings (SSSR count). The van der Waals surface area contributed by atoms with E-state index >= 15 is 0 Å². The molecule has 2 N–H and O–H groups in total. The lowest BCUT2D eigenvalue weighted by Crippen LogP contribution is -2.26. The predicted molar refractivity (Wildman–Crippen MR) is 85.0 cm³/mol. The van der Waals surface area contributed by atoms with Gasteiger partial charge in [0.05, 0.1) is 6.07 Å². The highest BCUT2D eigenvalue weighted by Crippen LogP contribution is 2.27. The number of hydrogen-bond donors (Lipinski definition) is 2. The summed E-state index contributed by atoms with van der Waals surface area (Å²) < 4.78 is 0. The van der Waals surface area contributed by atoms with Gasteiger partial charge >= 0.3 is 0 Å². The van der Waals surface area contributed by atoms with Gasteiger partial charge in [0, 0.05) is 29.8 Å². The van der Waals surface area contributed by atoms with Crippen LogP contribution in [0.3, 0.4) is 0 Å². The van der Waals surface area contributed by atoms with Gasteiger partial charge in [0.15, 0.2) is 0 Å². The van der Waals surface area contributed by atoms with E-state index in [1.165, 1.54) is 0 Å². The zero-order valence-electron chi connectivity index (χ0n) is 12.6. The number of carbonyl (C=O) groups excluding carboxylic acids is 1. The summed E-state index contributed by atoms with van der Waals surface area (Å²) in [5.74, 6) is 0.223. The van der Waals surface area contributed by atoms with Crippen LogP contribution >= 0.6 is 0 Å². The van der Waals surface area contributed by atoms with Crippen LogP contribution in [-0.2, 0) is 4.79 Å². The number of amides is 1. The van der Waals surface area contributed by atoms with E-state index < -0.39 is 0 Å². The average Bonchev–Trinajstić information content (AvgIpc) is 2.48. The zero-order valence-corrected chi connectivity index (χ0v) is 12.6. The standard InChI is InChI=1S/C17H23N3O/c1-2-5-17(21)20-16-9-4-8-15(11-16)19-14-7-3-6-13(10-14)12-18/h4,8-9,11,13-14,19H,2-3,5-7,10H2,1H3,(H,20,21)/t13-,14+/m1/s1. The highest BCUT2D eigenvalue weighted by molar-refractivity contribution is 5.91. The lowest BCUT2D eigenvalue weighted by Gasteiger charge is -2.27. The minimum Gasteiger partial charge on any atom is -0.382 e. The van der Waals surface area contributed by atoms with Crippen LogP contribution in [-0.4, -0.2) is 11.9 Å². The van der Waals surface area contributed by atoms with E-state index in [4.69, 9.17) is 5.26 Å². The first-order chi connectivity index (χ1) is 10.2. The first kappa shape index (κ1) is 15.4. The molecule has 1 aromatic rings. The van der Waals surface area contributed by atoms with Crippen molar-refractivity contribution in [1.29, 1.82) is 5.26 Å². The van der Waals surface area contributed by atoms with Crippen LogP contribution in [0.25, 0.3) is 0 Å². The molecule has 4 heteroatoms. The van der Waals surface area contributed by atoms with Crippen LogP contribution in [0.5, 0.6) is 0 Å². The van der Waals surface area contributed by atoms with E-state index in [-0.39, 0.29) is 11.8 Å². The van der Waals surface area contributed by atoms with Gasteiger partial charge in [0.2, 0.25) is 5.91 Å². The normalized spacial score (nSPS) is 21.3. The molecule has 0 radical (unpaired) electrons. The van der Waals surface area contributed by atoms with Crippen molar-refractivity contribution in [3.63, 3.8) is 0 Å². The Balaban J connectivity index is 1.94. The Morgan fingerprint density at radius 1 is 1.38 bits per heavy atom. The zero-order chi connectivity index (χ0) is 15.1. The third kappa shape index (κ3) is 4.78. The van der Waals surface area contributed by atoms with Crippen LogP contribution in [0.15, 0.2) is 24.3 Å². The van der Waals surface area contributed by atoms with Gasteiger partial charge in [-0.15, -0.1) is 0 Å². The van der Waals surface area contributed by atoms with E-state index in [0.717, 1.165) is 43.5 Å². The van der Waals surface area contributed by atoms with Gasteiger partial charge < -0.3 is 10.6 Å². The molecule has 1 aromatic carbocycles. The quantitative estimate of drug-likeness (QED) is 0.861. The van der Waals surface area contributed by atoms with Crippen molar-refractivity contribution in [3.8, 4) is 6.07 Å². The average molecular weight is 285 g/mol. The van der Waals surface area contributed by atoms with Gasteiger partial charge in [0.1, 0.15) is 0 Å². The lowest BCUT2D eigenvalue weighted by atomic mass is 9.86. The highest BCUT2D eigenvalue weighted by Gasteiger charge is 2.21. The summed E-state index contributed by atoms with van der Waals surface area (Å²) in [5, 5.41) is 15.4. The second-order valence-electron chi connectivity index (χ2n) is 5.71. The Kier molecular flexibility index (Phi) is 5.62. The molecule has 0 aromatic heterocycles. The number of benzene rings is 1. The number of nitrogens with zero attached hydrogens (tertiary/aromatic N) is 1. The minimum atomic E-state index is 0.0526. The number of anilines is 2. The molecular weight excluding hydrogens is 262 g/mol. The second kappa shape index (κ2) is 7.68. The van der Waals surface area contributed by atoms with Crippen molar-refractivity contribution in [2.75, 3.05) is 10.6 Å². The van der Waals surface area contributed by atoms with Crippen molar-refractivity contribution in [2.24, 2.45) is 5.92 Å². The van der Waals surface area contributed by atoms with Crippen molar-refractivity contribution in [3.05, 3.63) is 24.3 Å². The molecule has 1 saturated carbocycles. The van der Waals surface area contributed by atoms with Crippen molar-refractivity contribution < 1.29 is 4.79 Å². The molecule has 0 bridgehead atoms. The number of nitriles is 1. The van der Waals surface area contributed by atoms with Crippen molar-refractivity contribution in [2.45, 2.75) is 51.5 Å². The van der Waals surface area contributed by atoms with Gasteiger partial charge in [-0.25, -0.2) is 0 Å². The first-order valence-corrected chi connectivity index (χ1v) is 7.77. The number of carbonyl (C=O) groups is 1. The van der Waals surface area contributed by atoms with Crippen LogP contribution in [0.4, 0.5) is 11.4 Å². The molecular formula is C17H23N3O. The van der Waals surface area contributed by atoms with E-state index in [1.54, 1.807) is 0 Å². The maximum absolute atomic E-state index is 11.6. The van der Waals surface area contributed by atoms with Crippen LogP contribution in [0.1, 0.15) is 45.4 Å². The Hall–Kier alpha value is -2.02. The van der Waals surface area contributed by atoms with E-state index in [9.17, 15) is 4.79 Å². The van der Waals surface area contributed by atoms with E-state index in [1.807, 2.05) is 31.2 Å². The maximum Gasteiger partial charge on any atom is 0.224 e. The monoisotopic (exact) mass is 285 g/mol. The van der Waals surface area contributed by atoms with Crippen molar-refractivity contribution >= 4 is 17.3 Å². The summed E-state index contributed by atoms with van der Waals surface area (Å²) in [5.41, 5.74) is 1.83. The fourth-order valence-electron chi connectivity index (χ4n) is 2.81. The molecule has 1 fully saturated rings. The number of nitrogens with one attached hydrogen (secondary N) is 2. The van der Waals surface area contributed by atoms with Crippen molar-refractivity contribution in [1.82, 2.24) is 0 Å². The third-order valence-corrected chi connectivity index (χ3v) is 3.85. The molecule has 1 aliphatic rings. The molecule has 21 heavy (non-hydrogen) atoms. The van der Waals surface area contributed by atoms with Gasteiger partial charge in [-0.05, 0) is 43.9 Å². The molecule has 2 atom stereocenters. The summed E-state index contributed by atoms with van der Waals surface area (Å²) in [6.07, 6.45) is 5.52. The summed E-state index contributed by atoms with van der Waals surface area (Å²) in [6.45, 7) is 1.99. The SMILES string of the molecule is CCCC(=O)Nc1cccc(N[C@H]2CCC[C@@H](C#N)C2)c1. The Morgan fingerprint density at radius 3 is 2.95 bits per heavy atom. The summed E-state index contributed by atoms with van der Waals surface area (Å²) >= 11 is 0. The van der Waals surface area contributed by atoms with Crippen LogP contribution in [0, 0.1) is 17.2 Å². The first-order valence-electron chi connectivity index (χ1n) is 7.77. The predicted octanol–water partition coefficient (Wildman–Crippen LogP) is 3.92. The Morgan fingerprint density at radius 2 is 2.19 bits per heavy atom. The Bertz CT molecular complexity index is 521. The minimum absolute atomic E-state index is 0.0526. The molecule has 0 aliphatic heterocycles. The molecule has 1 aliphatic carbocycles. The molecule has 0 unspecified atom stereocenters. The maximum atomic E-state index is 11.6. The van der Waals surface area contributed by atoms with Gasteiger partial charge in [0.25, 0.3) is 0 Å². The summed E-state index contributed by atoms with van der Waals surface area (Å²) in [7, 11) is 0. The molecule has 0 saturated heterocycles. The molecule has 0 heterocycles. The van der Waals surface area contributed by atoms with Crippen LogP contribution < -0.4 is 10.6 Å². The number of hydrogen-bond acceptors (Lipinski definition) is 3. The molecule has 0 spiro atoms. The summed E-state index contributed by atoms with van der Waals surface area (Å²) in [6, 6.07) is 10.5. The van der Waals surface area contributed by atoms with Crippen LogP contribution in [0.2, 0.25) is 0 Å². The lowest BCUT2D eigenvalue weighted by molar-refractivity contribution is -0.116. The molecule has 112 valence electrons. The third-order valence-electron chi connectivity index (χ3n) is 3.85. The van der Waals surface area contributed by atoms with Gasteiger partial charge in [-0.2, -0.15) is 5.26 Å². The number of rotatable bonds is 5. The Labute approximate surface area is 126 Å². The fourth-order valence-corrected chi connectivity index (χ4v) is 2.81. The van der Waals surface area contributed by atoms with E-state index in [0.29, 0.717) is 12.5 Å². The highest BCUT2D eigenvalue weighted by atomic mass is 16.1. The second-order valence-corrected chi connectivity index (χ2v) is 5.71. The van der Waals surface area contributed by atoms with E-state index in [2.05, 4.69) is 16.7 Å². The summed E-state index contributed by atoms with van der Waals surface area (Å²) in [4.78, 5) is 11.6. The molecule has 4 nitrogen and oxygen atoms in total. The fraction of sp³-hybridized carbons (Fsp3) is 0.529. The topological polar surface area (TPSA) is 64.9 Å².